The van der Waals surface area contributed by atoms with E-state index in [9.17, 15) is 8.42 Å². The molecule has 2 aromatic heterocycles. The van der Waals surface area contributed by atoms with Gasteiger partial charge in [-0.25, -0.2) is 4.72 Å². The fourth-order valence-electron chi connectivity index (χ4n) is 2.81. The van der Waals surface area contributed by atoms with Crippen molar-refractivity contribution in [1.29, 1.82) is 0 Å². The van der Waals surface area contributed by atoms with Crippen LogP contribution in [0.4, 0.5) is 0 Å². The molecule has 22 heavy (non-hydrogen) atoms. The highest BCUT2D eigenvalue weighted by atomic mass is 32.2. The Labute approximate surface area is 130 Å². The molecule has 1 N–H and O–H groups in total. The smallest absolute Gasteiger partial charge is 0.279 e. The molecule has 0 radical (unpaired) electrons. The maximum Gasteiger partial charge on any atom is 0.279 e. The summed E-state index contributed by atoms with van der Waals surface area (Å²) in [7, 11) is -3.40. The topological polar surface area (TPSA) is 79.6 Å². The second-order valence-electron chi connectivity index (χ2n) is 5.80. The largest absolute Gasteiger partial charge is 0.286 e. The van der Waals surface area contributed by atoms with Crippen LogP contribution in [-0.2, 0) is 16.6 Å². The Morgan fingerprint density at radius 1 is 1.36 bits per heavy atom. The number of nitrogens with one attached hydrogen (secondary N) is 1. The Morgan fingerprint density at radius 2 is 2.23 bits per heavy atom. The van der Waals surface area contributed by atoms with Gasteiger partial charge in [-0.05, 0) is 30.9 Å². The molecule has 1 fully saturated rings. The van der Waals surface area contributed by atoms with Crippen LogP contribution in [0.25, 0.3) is 5.65 Å². The van der Waals surface area contributed by atoms with E-state index in [1.807, 2.05) is 28.8 Å². The molecular weight excluding hydrogens is 302 g/mol. The molecule has 1 saturated heterocycles. The van der Waals surface area contributed by atoms with E-state index < -0.39 is 10.2 Å². The first-order valence-electron chi connectivity index (χ1n) is 7.59. The van der Waals surface area contributed by atoms with Crippen LogP contribution in [0.2, 0.25) is 0 Å². The number of aromatic nitrogens is 3. The Kier molecular flexibility index (Phi) is 4.42. The molecule has 1 atom stereocenters. The molecule has 1 aliphatic heterocycles. The van der Waals surface area contributed by atoms with Crippen molar-refractivity contribution in [3.63, 3.8) is 0 Å². The number of hydrogen-bond acceptors (Lipinski definition) is 4. The van der Waals surface area contributed by atoms with Crippen LogP contribution in [0.3, 0.4) is 0 Å². The first-order chi connectivity index (χ1) is 10.6. The zero-order valence-electron chi connectivity index (χ0n) is 12.6. The lowest BCUT2D eigenvalue weighted by atomic mass is 10.0. The number of pyridine rings is 1. The van der Waals surface area contributed by atoms with Crippen molar-refractivity contribution < 1.29 is 8.42 Å². The van der Waals surface area contributed by atoms with E-state index in [-0.39, 0.29) is 0 Å². The molecule has 120 valence electrons. The standard InChI is InChI=1S/C14H21N5O2S/c1-12-5-4-9-18(11-12)22(20,21)15-8-7-14-17-16-13-6-2-3-10-19(13)14/h2-3,6,10,12,15H,4-5,7-9,11H2,1H3/t12-/m1/s1. The fourth-order valence-corrected chi connectivity index (χ4v) is 4.17. The number of hydrogen-bond donors (Lipinski definition) is 1. The van der Waals surface area contributed by atoms with Crippen molar-refractivity contribution in [2.45, 2.75) is 26.2 Å². The summed E-state index contributed by atoms with van der Waals surface area (Å²) in [5.41, 5.74) is 0.769. The second kappa shape index (κ2) is 6.31. The lowest BCUT2D eigenvalue weighted by Crippen LogP contribution is -2.46. The maximum atomic E-state index is 12.3. The molecule has 8 heteroatoms. The van der Waals surface area contributed by atoms with Crippen molar-refractivity contribution in [3.8, 4) is 0 Å². The molecule has 3 rings (SSSR count). The molecule has 3 heterocycles. The molecule has 0 aliphatic carbocycles. The van der Waals surface area contributed by atoms with Crippen LogP contribution in [0.15, 0.2) is 24.4 Å². The van der Waals surface area contributed by atoms with Crippen LogP contribution in [0.5, 0.6) is 0 Å². The van der Waals surface area contributed by atoms with Gasteiger partial charge in [0.2, 0.25) is 0 Å². The Balaban J connectivity index is 1.60. The minimum Gasteiger partial charge on any atom is -0.286 e. The van der Waals surface area contributed by atoms with E-state index >= 15 is 0 Å². The average molecular weight is 323 g/mol. The lowest BCUT2D eigenvalue weighted by molar-refractivity contribution is 0.278. The predicted molar refractivity (Wildman–Crippen MR) is 83.6 cm³/mol. The van der Waals surface area contributed by atoms with Crippen molar-refractivity contribution in [1.82, 2.24) is 23.6 Å². The summed E-state index contributed by atoms with van der Waals surface area (Å²) in [4.78, 5) is 0. The van der Waals surface area contributed by atoms with Crippen molar-refractivity contribution in [3.05, 3.63) is 30.2 Å². The average Bonchev–Trinajstić information content (AvgIpc) is 2.91. The van der Waals surface area contributed by atoms with Gasteiger partial charge in [-0.2, -0.15) is 12.7 Å². The van der Waals surface area contributed by atoms with Crippen molar-refractivity contribution in [2.75, 3.05) is 19.6 Å². The molecule has 7 nitrogen and oxygen atoms in total. The van der Waals surface area contributed by atoms with Gasteiger partial charge < -0.3 is 0 Å². The maximum absolute atomic E-state index is 12.3. The number of piperidine rings is 1. The first-order valence-corrected chi connectivity index (χ1v) is 9.03. The van der Waals surface area contributed by atoms with E-state index in [0.29, 0.717) is 32.0 Å². The normalized spacial score (nSPS) is 20.5. The van der Waals surface area contributed by atoms with Gasteiger partial charge in [-0.15, -0.1) is 10.2 Å². The molecule has 0 saturated carbocycles. The summed E-state index contributed by atoms with van der Waals surface area (Å²) in [6.45, 7) is 3.61. The molecule has 0 amide bonds. The van der Waals surface area contributed by atoms with E-state index in [1.165, 1.54) is 0 Å². The molecule has 0 bridgehead atoms. The molecule has 1 aliphatic rings. The van der Waals surface area contributed by atoms with Crippen LogP contribution in [0.1, 0.15) is 25.6 Å². The third-order valence-electron chi connectivity index (χ3n) is 3.98. The van der Waals surface area contributed by atoms with Crippen LogP contribution in [0, 0.1) is 5.92 Å². The molecule has 2 aromatic rings. The van der Waals surface area contributed by atoms with Gasteiger partial charge in [-0.1, -0.05) is 13.0 Å². The highest BCUT2D eigenvalue weighted by Gasteiger charge is 2.26. The molecule has 0 unspecified atom stereocenters. The number of rotatable bonds is 5. The van der Waals surface area contributed by atoms with Gasteiger partial charge in [0.05, 0.1) is 0 Å². The van der Waals surface area contributed by atoms with Crippen LogP contribution >= 0.6 is 0 Å². The van der Waals surface area contributed by atoms with Gasteiger partial charge in [0.1, 0.15) is 5.82 Å². The minimum absolute atomic E-state index is 0.322. The minimum atomic E-state index is -3.40. The van der Waals surface area contributed by atoms with Gasteiger partial charge in [0, 0.05) is 32.3 Å². The van der Waals surface area contributed by atoms with E-state index in [2.05, 4.69) is 21.8 Å². The Morgan fingerprint density at radius 3 is 3.05 bits per heavy atom. The zero-order valence-corrected chi connectivity index (χ0v) is 13.5. The van der Waals surface area contributed by atoms with Gasteiger partial charge in [0.15, 0.2) is 5.65 Å². The van der Waals surface area contributed by atoms with Crippen molar-refractivity contribution >= 4 is 15.9 Å². The van der Waals surface area contributed by atoms with Gasteiger partial charge >= 0.3 is 0 Å². The zero-order chi connectivity index (χ0) is 15.6. The Hall–Kier alpha value is -1.51. The SMILES string of the molecule is C[C@@H]1CCCN(S(=O)(=O)NCCc2nnc3ccccn23)C1. The summed E-state index contributed by atoms with van der Waals surface area (Å²) in [5, 5.41) is 8.16. The van der Waals surface area contributed by atoms with E-state index in [0.717, 1.165) is 24.3 Å². The third-order valence-corrected chi connectivity index (χ3v) is 5.56. The van der Waals surface area contributed by atoms with Crippen molar-refractivity contribution in [2.24, 2.45) is 5.92 Å². The summed E-state index contributed by atoms with van der Waals surface area (Å²) in [6, 6.07) is 5.67. The van der Waals surface area contributed by atoms with Gasteiger partial charge in [0.25, 0.3) is 10.2 Å². The molecular formula is C14H21N5O2S. The van der Waals surface area contributed by atoms with Gasteiger partial charge in [-0.3, -0.25) is 4.40 Å². The summed E-state index contributed by atoms with van der Waals surface area (Å²) in [5.74, 6) is 1.18. The molecule has 0 spiro atoms. The summed E-state index contributed by atoms with van der Waals surface area (Å²) >= 11 is 0. The van der Waals surface area contributed by atoms with Crippen LogP contribution < -0.4 is 4.72 Å². The predicted octanol–water partition coefficient (Wildman–Crippen LogP) is 0.838. The second-order valence-corrected chi connectivity index (χ2v) is 7.56. The highest BCUT2D eigenvalue weighted by molar-refractivity contribution is 7.87. The highest BCUT2D eigenvalue weighted by Crippen LogP contribution is 2.17. The summed E-state index contributed by atoms with van der Waals surface area (Å²) in [6.07, 6.45) is 4.41. The lowest BCUT2D eigenvalue weighted by Gasteiger charge is -2.29. The quantitative estimate of drug-likeness (QED) is 0.884. The van der Waals surface area contributed by atoms with E-state index in [4.69, 9.17) is 0 Å². The van der Waals surface area contributed by atoms with Crippen LogP contribution in [-0.4, -0.2) is 47.0 Å². The Bertz CT molecular complexity index is 743. The number of fused-ring (bicyclic) bond motifs is 1. The first kappa shape index (κ1) is 15.4. The van der Waals surface area contributed by atoms with E-state index in [1.54, 1.807) is 4.31 Å². The monoisotopic (exact) mass is 323 g/mol. The third kappa shape index (κ3) is 3.29. The summed E-state index contributed by atoms with van der Waals surface area (Å²) < 4.78 is 30.7. The fraction of sp³-hybridized carbons (Fsp3) is 0.571. The number of nitrogens with zero attached hydrogens (tertiary/aromatic N) is 4. The molecule has 0 aromatic carbocycles.